The summed E-state index contributed by atoms with van der Waals surface area (Å²) in [4.78, 5) is 28.2. The van der Waals surface area contributed by atoms with E-state index >= 15 is 0 Å². The Balaban J connectivity index is 1.29. The van der Waals surface area contributed by atoms with E-state index in [4.69, 9.17) is 0 Å². The molecule has 2 heterocycles. The molecule has 0 spiro atoms. The van der Waals surface area contributed by atoms with Gasteiger partial charge in [0, 0.05) is 24.2 Å². The van der Waals surface area contributed by atoms with Crippen LogP contribution in [0.5, 0.6) is 0 Å². The number of H-pyrrole nitrogens is 1. The van der Waals surface area contributed by atoms with Crippen LogP contribution < -0.4 is 5.32 Å². The number of aromatic nitrogens is 2. The minimum atomic E-state index is -0.0536. The number of carbonyl (C=O) groups is 2. The first kappa shape index (κ1) is 18.1. The molecule has 2 fully saturated rings. The van der Waals surface area contributed by atoms with Crippen LogP contribution in [0.25, 0.3) is 10.6 Å². The Labute approximate surface area is 172 Å². The van der Waals surface area contributed by atoms with Gasteiger partial charge in [-0.2, -0.15) is 5.10 Å². The summed E-state index contributed by atoms with van der Waals surface area (Å²) in [5.41, 5.74) is 2.99. The van der Waals surface area contributed by atoms with E-state index in [2.05, 4.69) is 15.5 Å². The van der Waals surface area contributed by atoms with Gasteiger partial charge in [0.15, 0.2) is 5.69 Å². The molecule has 148 valence electrons. The second kappa shape index (κ2) is 7.48. The summed E-state index contributed by atoms with van der Waals surface area (Å²) in [6.07, 6.45) is 4.19. The van der Waals surface area contributed by atoms with Gasteiger partial charge in [0.2, 0.25) is 0 Å². The quantitative estimate of drug-likeness (QED) is 0.626. The van der Waals surface area contributed by atoms with Gasteiger partial charge >= 0.3 is 0 Å². The van der Waals surface area contributed by atoms with Crippen molar-refractivity contribution in [3.8, 4) is 10.6 Å². The van der Waals surface area contributed by atoms with E-state index in [1.165, 1.54) is 0 Å². The van der Waals surface area contributed by atoms with E-state index in [1.54, 1.807) is 11.3 Å². The SMILES string of the molecule is O=C(NC1CC1)c1ccc(CN(C(=O)c2cc(-c3cccs3)[nH]n2)C2CC2)cc1. The van der Waals surface area contributed by atoms with Crippen LogP contribution in [-0.2, 0) is 6.54 Å². The maximum Gasteiger partial charge on any atom is 0.274 e. The third-order valence-electron chi connectivity index (χ3n) is 5.31. The summed E-state index contributed by atoms with van der Waals surface area (Å²) in [5, 5.41) is 12.2. The Kier molecular flexibility index (Phi) is 4.67. The van der Waals surface area contributed by atoms with Crippen molar-refractivity contribution in [3.05, 3.63) is 64.7 Å². The molecule has 0 saturated heterocycles. The van der Waals surface area contributed by atoms with E-state index in [0.717, 1.165) is 41.8 Å². The van der Waals surface area contributed by atoms with Crippen LogP contribution in [0.2, 0.25) is 0 Å². The summed E-state index contributed by atoms with van der Waals surface area (Å²) in [6.45, 7) is 0.523. The molecule has 0 bridgehead atoms. The Bertz CT molecular complexity index is 1020. The Hall–Kier alpha value is -2.93. The third kappa shape index (κ3) is 4.10. The summed E-state index contributed by atoms with van der Waals surface area (Å²) >= 11 is 1.61. The van der Waals surface area contributed by atoms with Gasteiger partial charge in [0.1, 0.15) is 0 Å². The molecule has 0 atom stereocenters. The van der Waals surface area contributed by atoms with Gasteiger partial charge in [-0.3, -0.25) is 14.7 Å². The number of benzene rings is 1. The second-order valence-corrected chi connectivity index (χ2v) is 8.70. The molecule has 0 unspecified atom stereocenters. The number of hydrogen-bond acceptors (Lipinski definition) is 4. The molecule has 0 radical (unpaired) electrons. The van der Waals surface area contributed by atoms with Crippen LogP contribution >= 0.6 is 11.3 Å². The van der Waals surface area contributed by atoms with Gasteiger partial charge in [-0.15, -0.1) is 11.3 Å². The molecule has 2 N–H and O–H groups in total. The average molecular weight is 407 g/mol. The van der Waals surface area contributed by atoms with Crippen molar-refractivity contribution in [3.63, 3.8) is 0 Å². The topological polar surface area (TPSA) is 78.1 Å². The monoisotopic (exact) mass is 406 g/mol. The molecule has 29 heavy (non-hydrogen) atoms. The number of nitrogens with zero attached hydrogens (tertiary/aromatic N) is 2. The Morgan fingerprint density at radius 3 is 2.59 bits per heavy atom. The van der Waals surface area contributed by atoms with E-state index in [-0.39, 0.29) is 17.9 Å². The molecule has 2 aliphatic carbocycles. The van der Waals surface area contributed by atoms with Crippen molar-refractivity contribution in [1.29, 1.82) is 0 Å². The van der Waals surface area contributed by atoms with Crippen LogP contribution in [0.1, 0.15) is 52.1 Å². The largest absolute Gasteiger partial charge is 0.349 e. The fourth-order valence-electron chi connectivity index (χ4n) is 3.34. The molecule has 7 heteroatoms. The molecule has 2 aliphatic rings. The highest BCUT2D eigenvalue weighted by Crippen LogP contribution is 2.31. The zero-order chi connectivity index (χ0) is 19.8. The maximum absolute atomic E-state index is 13.1. The number of amides is 2. The van der Waals surface area contributed by atoms with Gasteiger partial charge in [-0.1, -0.05) is 18.2 Å². The lowest BCUT2D eigenvalue weighted by atomic mass is 10.1. The summed E-state index contributed by atoms with van der Waals surface area (Å²) in [5.74, 6) is -0.0751. The van der Waals surface area contributed by atoms with Crippen molar-refractivity contribution in [2.75, 3.05) is 0 Å². The van der Waals surface area contributed by atoms with Crippen LogP contribution in [-0.4, -0.2) is 39.0 Å². The number of carbonyl (C=O) groups excluding carboxylic acids is 2. The summed E-state index contributed by atoms with van der Waals surface area (Å²) < 4.78 is 0. The molecule has 5 rings (SSSR count). The molecule has 6 nitrogen and oxygen atoms in total. The number of thiophene rings is 1. The van der Waals surface area contributed by atoms with Gasteiger partial charge < -0.3 is 10.2 Å². The highest BCUT2D eigenvalue weighted by molar-refractivity contribution is 7.13. The second-order valence-electron chi connectivity index (χ2n) is 7.75. The highest BCUT2D eigenvalue weighted by Gasteiger charge is 2.34. The van der Waals surface area contributed by atoms with Gasteiger partial charge in [0.25, 0.3) is 11.8 Å². The molecule has 3 aromatic rings. The van der Waals surface area contributed by atoms with Crippen molar-refractivity contribution in [2.24, 2.45) is 0 Å². The van der Waals surface area contributed by atoms with E-state index < -0.39 is 0 Å². The zero-order valence-electron chi connectivity index (χ0n) is 15.9. The van der Waals surface area contributed by atoms with E-state index in [0.29, 0.717) is 23.8 Å². The molecule has 2 aromatic heterocycles. The summed E-state index contributed by atoms with van der Waals surface area (Å²) in [6, 6.07) is 14.0. The number of aromatic amines is 1. The van der Waals surface area contributed by atoms with Crippen molar-refractivity contribution >= 4 is 23.2 Å². The van der Waals surface area contributed by atoms with Gasteiger partial charge in [-0.05, 0) is 60.9 Å². The van der Waals surface area contributed by atoms with Crippen molar-refractivity contribution in [2.45, 2.75) is 44.3 Å². The van der Waals surface area contributed by atoms with Crippen LogP contribution in [0.15, 0.2) is 47.8 Å². The number of hydrogen-bond donors (Lipinski definition) is 2. The predicted octanol–water partition coefficient (Wildman–Crippen LogP) is 3.84. The zero-order valence-corrected chi connectivity index (χ0v) is 16.7. The van der Waals surface area contributed by atoms with Crippen molar-refractivity contribution in [1.82, 2.24) is 20.4 Å². The minimum Gasteiger partial charge on any atom is -0.349 e. The van der Waals surface area contributed by atoms with Gasteiger partial charge in [-0.25, -0.2) is 0 Å². The molecular formula is C22H22N4O2S. The maximum atomic E-state index is 13.1. The third-order valence-corrected chi connectivity index (χ3v) is 6.22. The molecular weight excluding hydrogens is 384 g/mol. The first-order chi connectivity index (χ1) is 14.2. The first-order valence-corrected chi connectivity index (χ1v) is 10.9. The fraction of sp³-hybridized carbons (Fsp3) is 0.318. The minimum absolute atomic E-state index is 0.0215. The normalized spacial score (nSPS) is 15.9. The molecule has 0 aliphatic heterocycles. The number of nitrogens with one attached hydrogen (secondary N) is 2. The van der Waals surface area contributed by atoms with Gasteiger partial charge in [0.05, 0.1) is 10.6 Å². The van der Waals surface area contributed by atoms with Crippen LogP contribution in [0, 0.1) is 0 Å². The lowest BCUT2D eigenvalue weighted by Crippen LogP contribution is -2.33. The number of rotatable bonds is 7. The molecule has 1 aromatic carbocycles. The van der Waals surface area contributed by atoms with Crippen molar-refractivity contribution < 1.29 is 9.59 Å². The Morgan fingerprint density at radius 1 is 1.14 bits per heavy atom. The smallest absolute Gasteiger partial charge is 0.274 e. The first-order valence-electron chi connectivity index (χ1n) is 9.97. The van der Waals surface area contributed by atoms with E-state index in [1.807, 2.05) is 52.7 Å². The molecule has 2 saturated carbocycles. The lowest BCUT2D eigenvalue weighted by Gasteiger charge is -2.21. The summed E-state index contributed by atoms with van der Waals surface area (Å²) in [7, 11) is 0. The highest BCUT2D eigenvalue weighted by atomic mass is 32.1. The fourth-order valence-corrected chi connectivity index (χ4v) is 4.04. The lowest BCUT2D eigenvalue weighted by molar-refractivity contribution is 0.0723. The Morgan fingerprint density at radius 2 is 1.93 bits per heavy atom. The van der Waals surface area contributed by atoms with Crippen LogP contribution in [0.4, 0.5) is 0 Å². The van der Waals surface area contributed by atoms with Crippen LogP contribution in [0.3, 0.4) is 0 Å². The van der Waals surface area contributed by atoms with E-state index in [9.17, 15) is 9.59 Å². The standard InChI is InChI=1S/C22H22N4O2S/c27-21(23-16-7-8-16)15-5-3-14(4-6-15)13-26(17-9-10-17)22(28)19-12-18(24-25-19)20-2-1-11-29-20/h1-6,11-12,16-17H,7-10,13H2,(H,23,27)(H,24,25). The molecule has 2 amide bonds. The average Bonchev–Trinajstić information content (AvgIpc) is 3.63. The predicted molar refractivity (Wildman–Crippen MR) is 112 cm³/mol.